The average Bonchev–Trinajstić information content (AvgIpc) is 3.21. The number of carboxylic acid groups (broad SMARTS) is 1. The summed E-state index contributed by atoms with van der Waals surface area (Å²) in [5, 5.41) is 12.0. The summed E-state index contributed by atoms with van der Waals surface area (Å²) in [6.07, 6.45) is 2.47. The van der Waals surface area contributed by atoms with Crippen LogP contribution in [0.4, 0.5) is 0 Å². The Hall–Kier alpha value is -4.15. The van der Waals surface area contributed by atoms with Crippen molar-refractivity contribution in [3.63, 3.8) is 0 Å². The fraction of sp³-hybridized carbons (Fsp3) is 0.200. The summed E-state index contributed by atoms with van der Waals surface area (Å²) in [6.45, 7) is 2.51. The van der Waals surface area contributed by atoms with Crippen LogP contribution in [0.1, 0.15) is 40.4 Å². The maximum atomic E-state index is 12.7. The molecular formula is C30H28N2O6S2. The Kier molecular flexibility index (Phi) is 9.93. The van der Waals surface area contributed by atoms with E-state index in [9.17, 15) is 14.4 Å². The molecule has 0 saturated carbocycles. The molecule has 3 aromatic carbocycles. The molecule has 2 amide bonds. The molecule has 0 atom stereocenters. The van der Waals surface area contributed by atoms with Crippen LogP contribution in [0.3, 0.4) is 0 Å². The molecule has 1 aliphatic rings. The van der Waals surface area contributed by atoms with Gasteiger partial charge in [0, 0.05) is 17.7 Å². The number of amides is 2. The molecule has 1 fully saturated rings. The van der Waals surface area contributed by atoms with E-state index in [4.69, 9.17) is 26.8 Å². The number of hydrogen-bond acceptors (Lipinski definition) is 7. The number of nitrogens with one attached hydrogen (secondary N) is 1. The average molecular weight is 577 g/mol. The highest BCUT2D eigenvalue weighted by atomic mass is 32.2. The van der Waals surface area contributed by atoms with Gasteiger partial charge in [-0.15, -0.1) is 0 Å². The van der Waals surface area contributed by atoms with E-state index in [2.05, 4.69) is 5.32 Å². The van der Waals surface area contributed by atoms with E-state index in [1.807, 2.05) is 49.4 Å². The lowest BCUT2D eigenvalue weighted by Crippen LogP contribution is -2.33. The van der Waals surface area contributed by atoms with Gasteiger partial charge in [0.25, 0.3) is 11.8 Å². The van der Waals surface area contributed by atoms with Gasteiger partial charge >= 0.3 is 5.97 Å². The third-order valence-corrected chi connectivity index (χ3v) is 7.23. The lowest BCUT2D eigenvalue weighted by Gasteiger charge is -2.15. The van der Waals surface area contributed by atoms with Crippen molar-refractivity contribution in [2.75, 3.05) is 13.1 Å². The summed E-state index contributed by atoms with van der Waals surface area (Å²) in [5.41, 5.74) is 2.87. The van der Waals surface area contributed by atoms with Crippen LogP contribution in [0, 0.1) is 0 Å². The van der Waals surface area contributed by atoms with Crippen LogP contribution < -0.4 is 14.8 Å². The molecule has 0 radical (unpaired) electrons. The quantitative estimate of drug-likeness (QED) is 0.222. The van der Waals surface area contributed by atoms with Crippen molar-refractivity contribution in [3.8, 4) is 11.5 Å². The molecule has 1 heterocycles. The summed E-state index contributed by atoms with van der Waals surface area (Å²) < 4.78 is 12.5. The minimum Gasteiger partial charge on any atom is -0.485 e. The number of benzene rings is 3. The van der Waals surface area contributed by atoms with Crippen LogP contribution >= 0.6 is 24.0 Å². The van der Waals surface area contributed by atoms with Crippen LogP contribution in [-0.2, 0) is 22.8 Å². The standard InChI is InChI=1S/C30H28N2O6S2/c1-2-14-31-28(35)23-11-7-6-10-22(23)19-38-25-15-21(12-13-24(25)37-18-20-8-4-3-5-9-20)16-26-29(36)32(17-27(33)34)30(39)40-26/h3-13,15-16H,2,14,17-19H2,1H3,(H,31,35)(H,33,34). The smallest absolute Gasteiger partial charge is 0.323 e. The lowest BCUT2D eigenvalue weighted by molar-refractivity contribution is -0.140. The summed E-state index contributed by atoms with van der Waals surface area (Å²) in [6, 6.07) is 22.2. The Morgan fingerprint density at radius 2 is 1.73 bits per heavy atom. The third-order valence-electron chi connectivity index (χ3n) is 5.85. The van der Waals surface area contributed by atoms with E-state index < -0.39 is 18.4 Å². The van der Waals surface area contributed by atoms with E-state index in [0.717, 1.165) is 28.6 Å². The van der Waals surface area contributed by atoms with Gasteiger partial charge in [-0.1, -0.05) is 85.5 Å². The second-order valence-corrected chi connectivity index (χ2v) is 10.5. The first-order valence-corrected chi connectivity index (χ1v) is 13.8. The van der Waals surface area contributed by atoms with Gasteiger partial charge in [-0.3, -0.25) is 19.3 Å². The van der Waals surface area contributed by atoms with Crippen LogP contribution in [0.5, 0.6) is 11.5 Å². The zero-order valence-corrected chi connectivity index (χ0v) is 23.4. The van der Waals surface area contributed by atoms with Crippen LogP contribution in [0.25, 0.3) is 6.08 Å². The van der Waals surface area contributed by atoms with Gasteiger partial charge in [-0.2, -0.15) is 0 Å². The molecule has 4 rings (SSSR count). The lowest BCUT2D eigenvalue weighted by atomic mass is 10.1. The maximum absolute atomic E-state index is 12.7. The summed E-state index contributed by atoms with van der Waals surface area (Å²) in [4.78, 5) is 37.9. The molecule has 0 spiro atoms. The van der Waals surface area contributed by atoms with Crippen molar-refractivity contribution in [1.82, 2.24) is 10.2 Å². The Morgan fingerprint density at radius 3 is 2.48 bits per heavy atom. The SMILES string of the molecule is CCCNC(=O)c1ccccc1COc1cc(C=C2SC(=S)N(CC(=O)O)C2=O)ccc1OCc1ccccc1. The van der Waals surface area contributed by atoms with E-state index >= 15 is 0 Å². The molecule has 0 aromatic heterocycles. The van der Waals surface area contributed by atoms with Crippen molar-refractivity contribution >= 4 is 52.2 Å². The number of carbonyl (C=O) groups excluding carboxylic acids is 2. The van der Waals surface area contributed by atoms with E-state index in [1.54, 1.807) is 36.4 Å². The fourth-order valence-electron chi connectivity index (χ4n) is 3.86. The van der Waals surface area contributed by atoms with Gasteiger partial charge in [-0.05, 0) is 41.8 Å². The molecule has 3 aromatic rings. The minimum absolute atomic E-state index is 0.113. The van der Waals surface area contributed by atoms with E-state index in [-0.39, 0.29) is 16.8 Å². The number of carbonyl (C=O) groups is 3. The number of hydrogen-bond donors (Lipinski definition) is 2. The second kappa shape index (κ2) is 13.8. The van der Waals surface area contributed by atoms with Crippen LogP contribution in [0.15, 0.2) is 77.7 Å². The van der Waals surface area contributed by atoms with E-state index in [1.165, 1.54) is 0 Å². The van der Waals surface area contributed by atoms with Crippen molar-refractivity contribution in [1.29, 1.82) is 0 Å². The Balaban J connectivity index is 1.59. The first-order chi connectivity index (χ1) is 19.4. The second-order valence-electron chi connectivity index (χ2n) is 8.84. The molecule has 1 saturated heterocycles. The Labute approximate surface area is 242 Å². The minimum atomic E-state index is -1.14. The van der Waals surface area contributed by atoms with Gasteiger partial charge in [0.1, 0.15) is 24.1 Å². The molecule has 206 valence electrons. The third kappa shape index (κ3) is 7.49. The summed E-state index contributed by atoms with van der Waals surface area (Å²) in [7, 11) is 0. The molecule has 0 unspecified atom stereocenters. The van der Waals surface area contributed by atoms with Gasteiger partial charge < -0.3 is 19.9 Å². The van der Waals surface area contributed by atoms with Gasteiger partial charge in [-0.25, -0.2) is 0 Å². The normalized spacial score (nSPS) is 13.9. The largest absolute Gasteiger partial charge is 0.485 e. The maximum Gasteiger partial charge on any atom is 0.323 e. The highest BCUT2D eigenvalue weighted by Crippen LogP contribution is 2.35. The topological polar surface area (TPSA) is 105 Å². The fourth-order valence-corrected chi connectivity index (χ4v) is 5.12. The first-order valence-electron chi connectivity index (χ1n) is 12.6. The zero-order valence-electron chi connectivity index (χ0n) is 21.8. The highest BCUT2D eigenvalue weighted by Gasteiger charge is 2.33. The number of aliphatic carboxylic acids is 1. The van der Waals surface area contributed by atoms with Crippen molar-refractivity contribution in [2.45, 2.75) is 26.6 Å². The predicted octanol–water partition coefficient (Wildman–Crippen LogP) is 5.27. The molecule has 10 heteroatoms. The summed E-state index contributed by atoms with van der Waals surface area (Å²) in [5.74, 6) is -0.853. The molecule has 8 nitrogen and oxygen atoms in total. The number of carboxylic acids is 1. The molecule has 0 bridgehead atoms. The summed E-state index contributed by atoms with van der Waals surface area (Å²) >= 11 is 6.25. The Bertz CT molecular complexity index is 1440. The van der Waals surface area contributed by atoms with Crippen LogP contribution in [-0.4, -0.2) is 45.2 Å². The highest BCUT2D eigenvalue weighted by molar-refractivity contribution is 8.26. The molecule has 1 aliphatic heterocycles. The van der Waals surface area contributed by atoms with Crippen LogP contribution in [0.2, 0.25) is 0 Å². The van der Waals surface area contributed by atoms with E-state index in [0.29, 0.717) is 46.2 Å². The first kappa shape index (κ1) is 28.8. The van der Waals surface area contributed by atoms with Crippen molar-refractivity contribution < 1.29 is 29.0 Å². The zero-order chi connectivity index (χ0) is 28.5. The number of ether oxygens (including phenoxy) is 2. The van der Waals surface area contributed by atoms with Gasteiger partial charge in [0.15, 0.2) is 11.5 Å². The van der Waals surface area contributed by atoms with Gasteiger partial charge in [0.05, 0.1) is 4.91 Å². The van der Waals surface area contributed by atoms with Gasteiger partial charge in [0.2, 0.25) is 0 Å². The number of thiocarbonyl (C=S) groups is 1. The Morgan fingerprint density at radius 1 is 1.00 bits per heavy atom. The molecular weight excluding hydrogens is 548 g/mol. The number of thioether (sulfide) groups is 1. The number of nitrogens with zero attached hydrogens (tertiary/aromatic N) is 1. The molecule has 0 aliphatic carbocycles. The monoisotopic (exact) mass is 576 g/mol. The van der Waals surface area contributed by atoms with Crippen molar-refractivity contribution in [2.24, 2.45) is 0 Å². The number of rotatable bonds is 12. The predicted molar refractivity (Wildman–Crippen MR) is 158 cm³/mol. The molecule has 40 heavy (non-hydrogen) atoms. The van der Waals surface area contributed by atoms with Crippen molar-refractivity contribution in [3.05, 3.63) is 100.0 Å². The molecule has 2 N–H and O–H groups in total.